The van der Waals surface area contributed by atoms with Gasteiger partial charge in [-0.25, -0.2) is 4.98 Å². The number of aromatic nitrogens is 1. The Balaban J connectivity index is 1.12. The fourth-order valence-electron chi connectivity index (χ4n) is 5.61. The van der Waals surface area contributed by atoms with Gasteiger partial charge in [0.15, 0.2) is 5.58 Å². The number of nitrogens with one attached hydrogen (secondary N) is 2. The summed E-state index contributed by atoms with van der Waals surface area (Å²) in [6, 6.07) is 12.5. The van der Waals surface area contributed by atoms with Crippen LogP contribution in [0.1, 0.15) is 41.6 Å². The Hall–Kier alpha value is -3.45. The highest BCUT2D eigenvalue weighted by molar-refractivity contribution is 6.32. The molecule has 2 aromatic carbocycles. The lowest BCUT2D eigenvalue weighted by atomic mass is 9.82. The standard InChI is InChI=1S/C27H27ClN6O3/c28-20-13-16(5-6-18(20)15-29)25-30-22-8-7-17(14-23(22)37-25)26(36)33-9-11-34(12-10-33)27-31-21-4-2-1-3-19(21)24(35)32-27/h5-8,13-14,19,21,27,31H,1-4,9-12H2,(H,32,35). The molecular formula is C27H27ClN6O3. The number of rotatable bonds is 3. The molecule has 3 unspecified atom stereocenters. The van der Waals surface area contributed by atoms with Gasteiger partial charge < -0.3 is 14.6 Å². The third kappa shape index (κ3) is 4.57. The van der Waals surface area contributed by atoms with Gasteiger partial charge in [0.2, 0.25) is 11.8 Å². The Labute approximate surface area is 219 Å². The molecule has 1 saturated carbocycles. The van der Waals surface area contributed by atoms with Gasteiger partial charge in [-0.3, -0.25) is 19.8 Å². The maximum absolute atomic E-state index is 13.3. The van der Waals surface area contributed by atoms with Crippen molar-refractivity contribution in [1.29, 1.82) is 5.26 Å². The third-order valence-corrected chi connectivity index (χ3v) is 8.00. The zero-order chi connectivity index (χ0) is 25.5. The molecule has 0 radical (unpaired) electrons. The Morgan fingerprint density at radius 2 is 1.92 bits per heavy atom. The molecule has 0 bridgehead atoms. The molecule has 10 heteroatoms. The smallest absolute Gasteiger partial charge is 0.254 e. The van der Waals surface area contributed by atoms with E-state index in [-0.39, 0.29) is 30.1 Å². The minimum Gasteiger partial charge on any atom is -0.436 e. The Morgan fingerprint density at radius 1 is 1.11 bits per heavy atom. The first kappa shape index (κ1) is 23.9. The summed E-state index contributed by atoms with van der Waals surface area (Å²) in [7, 11) is 0. The number of amides is 2. The fraction of sp³-hybridized carbons (Fsp3) is 0.407. The van der Waals surface area contributed by atoms with Crippen LogP contribution in [-0.4, -0.2) is 65.1 Å². The summed E-state index contributed by atoms with van der Waals surface area (Å²) < 4.78 is 5.93. The van der Waals surface area contributed by atoms with Crippen molar-refractivity contribution in [3.8, 4) is 17.5 Å². The second kappa shape index (κ2) is 9.78. The van der Waals surface area contributed by atoms with E-state index >= 15 is 0 Å². The van der Waals surface area contributed by atoms with Crippen LogP contribution in [0, 0.1) is 17.2 Å². The molecule has 37 heavy (non-hydrogen) atoms. The van der Waals surface area contributed by atoms with E-state index in [4.69, 9.17) is 21.3 Å². The molecular weight excluding hydrogens is 492 g/mol. The number of hydrogen-bond donors (Lipinski definition) is 2. The highest BCUT2D eigenvalue weighted by atomic mass is 35.5. The number of benzene rings is 2. The van der Waals surface area contributed by atoms with Gasteiger partial charge in [0.05, 0.1) is 16.5 Å². The quantitative estimate of drug-likeness (QED) is 0.546. The molecule has 1 aromatic heterocycles. The first-order valence-corrected chi connectivity index (χ1v) is 13.1. The molecule has 3 aromatic rings. The number of halogens is 1. The minimum absolute atomic E-state index is 0.0612. The number of piperazine rings is 1. The van der Waals surface area contributed by atoms with Gasteiger partial charge in [-0.05, 0) is 49.2 Å². The summed E-state index contributed by atoms with van der Waals surface area (Å²) in [6.45, 7) is 2.50. The molecule has 3 heterocycles. The Bertz CT molecular complexity index is 1410. The van der Waals surface area contributed by atoms with Crippen LogP contribution < -0.4 is 10.6 Å². The lowest BCUT2D eigenvalue weighted by molar-refractivity contribution is -0.134. The first-order chi connectivity index (χ1) is 18.0. The Kier molecular flexibility index (Phi) is 6.32. The average molecular weight is 519 g/mol. The SMILES string of the molecule is N#Cc1ccc(-c2nc3ccc(C(=O)N4CCN(C5NC(=O)C6CCCCC6N5)CC4)cc3o2)cc1Cl. The van der Waals surface area contributed by atoms with Gasteiger partial charge in [0, 0.05) is 43.3 Å². The van der Waals surface area contributed by atoms with Gasteiger partial charge in [-0.15, -0.1) is 0 Å². The van der Waals surface area contributed by atoms with E-state index in [1.54, 1.807) is 36.4 Å². The van der Waals surface area contributed by atoms with Crippen LogP contribution in [0.15, 0.2) is 40.8 Å². The second-order valence-electron chi connectivity index (χ2n) is 9.91. The van der Waals surface area contributed by atoms with Gasteiger partial charge in [-0.1, -0.05) is 24.4 Å². The van der Waals surface area contributed by atoms with Crippen LogP contribution in [-0.2, 0) is 4.79 Å². The topological polar surface area (TPSA) is 115 Å². The van der Waals surface area contributed by atoms with Crippen LogP contribution >= 0.6 is 11.6 Å². The number of nitrogens with zero attached hydrogens (tertiary/aromatic N) is 4. The normalized spacial score (nSPS) is 24.4. The molecule has 2 saturated heterocycles. The zero-order valence-electron chi connectivity index (χ0n) is 20.2. The molecule has 3 aliphatic rings. The summed E-state index contributed by atoms with van der Waals surface area (Å²) in [6.07, 6.45) is 4.10. The lowest BCUT2D eigenvalue weighted by Gasteiger charge is -2.46. The molecule has 0 spiro atoms. The van der Waals surface area contributed by atoms with Crippen molar-refractivity contribution < 1.29 is 14.0 Å². The van der Waals surface area contributed by atoms with Gasteiger partial charge >= 0.3 is 0 Å². The van der Waals surface area contributed by atoms with Crippen molar-refractivity contribution in [3.63, 3.8) is 0 Å². The fourth-order valence-corrected chi connectivity index (χ4v) is 5.84. The van der Waals surface area contributed by atoms with Crippen molar-refractivity contribution in [3.05, 3.63) is 52.5 Å². The maximum atomic E-state index is 13.3. The zero-order valence-corrected chi connectivity index (χ0v) is 21.0. The van der Waals surface area contributed by atoms with E-state index in [2.05, 4.69) is 20.5 Å². The number of oxazole rings is 1. The number of hydrogen-bond acceptors (Lipinski definition) is 7. The van der Waals surface area contributed by atoms with Crippen LogP contribution in [0.4, 0.5) is 0 Å². The third-order valence-electron chi connectivity index (χ3n) is 7.69. The number of carbonyl (C=O) groups excluding carboxylic acids is 2. The number of nitriles is 1. The van der Waals surface area contributed by atoms with E-state index in [1.807, 2.05) is 11.0 Å². The lowest BCUT2D eigenvalue weighted by Crippen LogP contribution is -2.69. The van der Waals surface area contributed by atoms with Crippen LogP contribution in [0.2, 0.25) is 5.02 Å². The molecule has 190 valence electrons. The summed E-state index contributed by atoms with van der Waals surface area (Å²) in [4.78, 5) is 34.4. The van der Waals surface area contributed by atoms with E-state index < -0.39 is 0 Å². The summed E-state index contributed by atoms with van der Waals surface area (Å²) in [5.74, 6) is 0.541. The van der Waals surface area contributed by atoms with Gasteiger partial charge in [0.25, 0.3) is 5.91 Å². The number of carbonyl (C=O) groups is 2. The largest absolute Gasteiger partial charge is 0.436 e. The van der Waals surface area contributed by atoms with E-state index in [0.29, 0.717) is 64.9 Å². The van der Waals surface area contributed by atoms with Crippen LogP contribution in [0.25, 0.3) is 22.6 Å². The maximum Gasteiger partial charge on any atom is 0.254 e. The van der Waals surface area contributed by atoms with Crippen molar-refractivity contribution in [1.82, 2.24) is 25.4 Å². The highest BCUT2D eigenvalue weighted by Crippen LogP contribution is 2.30. The van der Waals surface area contributed by atoms with Crippen LogP contribution in [0.5, 0.6) is 0 Å². The Morgan fingerprint density at radius 3 is 2.70 bits per heavy atom. The summed E-state index contributed by atoms with van der Waals surface area (Å²) >= 11 is 6.16. The molecule has 3 fully saturated rings. The average Bonchev–Trinajstić information content (AvgIpc) is 3.36. The van der Waals surface area contributed by atoms with Crippen molar-refractivity contribution >= 4 is 34.5 Å². The molecule has 9 nitrogen and oxygen atoms in total. The van der Waals surface area contributed by atoms with Crippen molar-refractivity contribution in [2.75, 3.05) is 26.2 Å². The summed E-state index contributed by atoms with van der Waals surface area (Å²) in [5, 5.41) is 16.2. The van der Waals surface area contributed by atoms with Crippen molar-refractivity contribution in [2.45, 2.75) is 38.0 Å². The minimum atomic E-state index is -0.177. The first-order valence-electron chi connectivity index (χ1n) is 12.7. The highest BCUT2D eigenvalue weighted by Gasteiger charge is 2.40. The molecule has 1 aliphatic carbocycles. The number of fused-ring (bicyclic) bond motifs is 2. The molecule has 2 amide bonds. The molecule has 2 N–H and O–H groups in total. The molecule has 3 atom stereocenters. The van der Waals surface area contributed by atoms with Crippen molar-refractivity contribution in [2.24, 2.45) is 5.92 Å². The van der Waals surface area contributed by atoms with Gasteiger partial charge in [0.1, 0.15) is 17.9 Å². The second-order valence-corrected chi connectivity index (χ2v) is 10.3. The van der Waals surface area contributed by atoms with Crippen LogP contribution in [0.3, 0.4) is 0 Å². The summed E-state index contributed by atoms with van der Waals surface area (Å²) in [5.41, 5.74) is 2.73. The van der Waals surface area contributed by atoms with E-state index in [0.717, 1.165) is 25.7 Å². The monoisotopic (exact) mass is 518 g/mol. The van der Waals surface area contributed by atoms with Gasteiger partial charge in [-0.2, -0.15) is 5.26 Å². The predicted molar refractivity (Wildman–Crippen MR) is 137 cm³/mol. The van der Waals surface area contributed by atoms with E-state index in [9.17, 15) is 9.59 Å². The molecule has 6 rings (SSSR count). The predicted octanol–water partition coefficient (Wildman–Crippen LogP) is 3.34. The van der Waals surface area contributed by atoms with E-state index in [1.165, 1.54) is 0 Å². The molecule has 2 aliphatic heterocycles.